The summed E-state index contributed by atoms with van der Waals surface area (Å²) in [6, 6.07) is 1.70. The van der Waals surface area contributed by atoms with Crippen molar-refractivity contribution in [3.63, 3.8) is 0 Å². The van der Waals surface area contributed by atoms with Gasteiger partial charge in [0.25, 0.3) is 5.91 Å². The molecule has 0 unspecified atom stereocenters. The molecule has 1 N–H and O–H groups in total. The van der Waals surface area contributed by atoms with Crippen LogP contribution in [0.25, 0.3) is 0 Å². The molecule has 7 nitrogen and oxygen atoms in total. The Bertz CT molecular complexity index is 624. The predicted octanol–water partition coefficient (Wildman–Crippen LogP) is 1.54. The van der Waals surface area contributed by atoms with Crippen molar-refractivity contribution < 1.29 is 9.53 Å². The van der Waals surface area contributed by atoms with Crippen molar-refractivity contribution in [1.82, 2.24) is 25.1 Å². The molecule has 2 aromatic heterocycles. The molecule has 1 fully saturated rings. The van der Waals surface area contributed by atoms with Crippen molar-refractivity contribution in [3.05, 3.63) is 41.7 Å². The Labute approximate surface area is 128 Å². The normalized spacial score (nSPS) is 18.7. The summed E-state index contributed by atoms with van der Waals surface area (Å²) in [7, 11) is 0. The van der Waals surface area contributed by atoms with Gasteiger partial charge >= 0.3 is 0 Å². The van der Waals surface area contributed by atoms with Gasteiger partial charge in [0.1, 0.15) is 5.82 Å². The molecule has 1 amide bonds. The zero-order chi connectivity index (χ0) is 15.5. The molecule has 0 bridgehead atoms. The van der Waals surface area contributed by atoms with E-state index in [-0.39, 0.29) is 17.9 Å². The van der Waals surface area contributed by atoms with E-state index in [1.807, 2.05) is 19.9 Å². The van der Waals surface area contributed by atoms with Crippen LogP contribution < -0.4 is 0 Å². The van der Waals surface area contributed by atoms with E-state index < -0.39 is 0 Å². The fraction of sp³-hybridized carbons (Fsp3) is 0.467. The van der Waals surface area contributed by atoms with Gasteiger partial charge < -0.3 is 9.64 Å². The monoisotopic (exact) mass is 301 g/mol. The van der Waals surface area contributed by atoms with Gasteiger partial charge in [-0.15, -0.1) is 0 Å². The quantitative estimate of drug-likeness (QED) is 0.929. The van der Waals surface area contributed by atoms with E-state index >= 15 is 0 Å². The average molecular weight is 301 g/mol. The molecule has 116 valence electrons. The highest BCUT2D eigenvalue weighted by molar-refractivity contribution is 5.94. The number of carbonyl (C=O) groups excluding carboxylic acids is 1. The second kappa shape index (κ2) is 6.23. The van der Waals surface area contributed by atoms with Crippen LogP contribution in [-0.2, 0) is 4.74 Å². The van der Waals surface area contributed by atoms with Gasteiger partial charge in [-0.1, -0.05) is 13.8 Å². The molecule has 0 saturated carbocycles. The SMILES string of the molecule is CC(C)c1ncc(C(=O)N2CCOC[C@@H]2c2ccn[nH]2)cn1. The van der Waals surface area contributed by atoms with Crippen LogP contribution in [0.3, 0.4) is 0 Å². The van der Waals surface area contributed by atoms with Crippen LogP contribution in [0.15, 0.2) is 24.7 Å². The summed E-state index contributed by atoms with van der Waals surface area (Å²) in [5, 5.41) is 6.86. The highest BCUT2D eigenvalue weighted by Gasteiger charge is 2.30. The summed E-state index contributed by atoms with van der Waals surface area (Å²) in [4.78, 5) is 23.1. The van der Waals surface area contributed by atoms with Crippen LogP contribution in [0.2, 0.25) is 0 Å². The average Bonchev–Trinajstić information content (AvgIpc) is 3.08. The number of hydrogen-bond donors (Lipinski definition) is 1. The molecule has 0 radical (unpaired) electrons. The fourth-order valence-corrected chi connectivity index (χ4v) is 2.47. The number of nitrogens with zero attached hydrogens (tertiary/aromatic N) is 4. The summed E-state index contributed by atoms with van der Waals surface area (Å²) >= 11 is 0. The number of ether oxygens (including phenoxy) is 1. The maximum atomic E-state index is 12.7. The summed E-state index contributed by atoms with van der Waals surface area (Å²) in [6.45, 7) is 5.56. The lowest BCUT2D eigenvalue weighted by molar-refractivity contribution is -0.00396. The minimum absolute atomic E-state index is 0.0850. The van der Waals surface area contributed by atoms with Crippen LogP contribution in [0, 0.1) is 0 Å². The summed E-state index contributed by atoms with van der Waals surface area (Å²) < 4.78 is 5.50. The Balaban J connectivity index is 1.82. The van der Waals surface area contributed by atoms with Crippen molar-refractivity contribution in [2.24, 2.45) is 0 Å². The fourth-order valence-electron chi connectivity index (χ4n) is 2.47. The number of nitrogens with one attached hydrogen (secondary N) is 1. The molecule has 0 aliphatic carbocycles. The van der Waals surface area contributed by atoms with E-state index in [1.165, 1.54) is 0 Å². The molecule has 1 aliphatic heterocycles. The zero-order valence-corrected chi connectivity index (χ0v) is 12.7. The van der Waals surface area contributed by atoms with Crippen molar-refractivity contribution >= 4 is 5.91 Å². The van der Waals surface area contributed by atoms with Gasteiger partial charge in [0.05, 0.1) is 30.5 Å². The number of aromatic nitrogens is 4. The number of hydrogen-bond acceptors (Lipinski definition) is 5. The molecule has 1 atom stereocenters. The van der Waals surface area contributed by atoms with Gasteiger partial charge in [0.15, 0.2) is 0 Å². The van der Waals surface area contributed by atoms with E-state index in [0.717, 1.165) is 11.5 Å². The Kier molecular flexibility index (Phi) is 4.15. The van der Waals surface area contributed by atoms with E-state index in [9.17, 15) is 4.79 Å². The van der Waals surface area contributed by atoms with E-state index in [4.69, 9.17) is 4.74 Å². The molecule has 1 aliphatic rings. The number of rotatable bonds is 3. The molecule has 3 rings (SSSR count). The molecule has 2 aromatic rings. The highest BCUT2D eigenvalue weighted by Crippen LogP contribution is 2.24. The first-order valence-corrected chi connectivity index (χ1v) is 7.36. The minimum Gasteiger partial charge on any atom is -0.377 e. The smallest absolute Gasteiger partial charge is 0.257 e. The third kappa shape index (κ3) is 2.85. The second-order valence-corrected chi connectivity index (χ2v) is 5.59. The predicted molar refractivity (Wildman–Crippen MR) is 79.3 cm³/mol. The Morgan fingerprint density at radius 2 is 2.18 bits per heavy atom. The lowest BCUT2D eigenvalue weighted by atomic mass is 10.1. The molecular weight excluding hydrogens is 282 g/mol. The number of aromatic amines is 1. The van der Waals surface area contributed by atoms with Crippen LogP contribution in [-0.4, -0.2) is 50.7 Å². The maximum Gasteiger partial charge on any atom is 0.257 e. The molecule has 0 aromatic carbocycles. The van der Waals surface area contributed by atoms with Crippen molar-refractivity contribution in [2.45, 2.75) is 25.8 Å². The van der Waals surface area contributed by atoms with Crippen LogP contribution in [0.5, 0.6) is 0 Å². The van der Waals surface area contributed by atoms with Crippen LogP contribution in [0.4, 0.5) is 0 Å². The summed E-state index contributed by atoms with van der Waals surface area (Å²) in [5.41, 5.74) is 1.36. The maximum absolute atomic E-state index is 12.7. The number of carbonyl (C=O) groups is 1. The van der Waals surface area contributed by atoms with Gasteiger partial charge in [-0.2, -0.15) is 5.10 Å². The standard InChI is InChI=1S/C15H19N5O2/c1-10(2)14-16-7-11(8-17-14)15(21)20-5-6-22-9-13(20)12-3-4-18-19-12/h3-4,7-8,10,13H,5-6,9H2,1-2H3,(H,18,19)/t13-/m1/s1. The van der Waals surface area contributed by atoms with E-state index in [2.05, 4.69) is 20.2 Å². The van der Waals surface area contributed by atoms with Crippen molar-refractivity contribution in [2.75, 3.05) is 19.8 Å². The third-order valence-corrected chi connectivity index (χ3v) is 3.71. The lowest BCUT2D eigenvalue weighted by Gasteiger charge is -2.34. The Hall–Kier alpha value is -2.28. The first kappa shape index (κ1) is 14.6. The van der Waals surface area contributed by atoms with Crippen molar-refractivity contribution in [1.29, 1.82) is 0 Å². The van der Waals surface area contributed by atoms with Gasteiger partial charge in [0, 0.05) is 31.1 Å². The Morgan fingerprint density at radius 3 is 2.82 bits per heavy atom. The first-order valence-electron chi connectivity index (χ1n) is 7.36. The first-order chi connectivity index (χ1) is 10.7. The van der Waals surface area contributed by atoms with Gasteiger partial charge in [-0.25, -0.2) is 9.97 Å². The minimum atomic E-state index is -0.159. The second-order valence-electron chi connectivity index (χ2n) is 5.59. The number of H-pyrrole nitrogens is 1. The zero-order valence-electron chi connectivity index (χ0n) is 12.7. The third-order valence-electron chi connectivity index (χ3n) is 3.71. The van der Waals surface area contributed by atoms with Crippen molar-refractivity contribution in [3.8, 4) is 0 Å². The molecule has 22 heavy (non-hydrogen) atoms. The summed E-state index contributed by atoms with van der Waals surface area (Å²) in [5.74, 6) is 0.895. The molecule has 1 saturated heterocycles. The summed E-state index contributed by atoms with van der Waals surface area (Å²) in [6.07, 6.45) is 4.88. The van der Waals surface area contributed by atoms with Gasteiger partial charge in [-0.05, 0) is 6.07 Å². The van der Waals surface area contributed by atoms with E-state index in [1.54, 1.807) is 23.5 Å². The largest absolute Gasteiger partial charge is 0.377 e. The Morgan fingerprint density at radius 1 is 1.41 bits per heavy atom. The molecular formula is C15H19N5O2. The molecule has 0 spiro atoms. The van der Waals surface area contributed by atoms with Gasteiger partial charge in [-0.3, -0.25) is 9.89 Å². The van der Waals surface area contributed by atoms with Gasteiger partial charge in [0.2, 0.25) is 0 Å². The van der Waals surface area contributed by atoms with E-state index in [0.29, 0.717) is 25.3 Å². The molecule has 7 heteroatoms. The molecule has 3 heterocycles. The lowest BCUT2D eigenvalue weighted by Crippen LogP contribution is -2.43. The number of amides is 1. The van der Waals surface area contributed by atoms with Crippen LogP contribution >= 0.6 is 0 Å². The number of morpholine rings is 1. The highest BCUT2D eigenvalue weighted by atomic mass is 16.5. The topological polar surface area (TPSA) is 84.0 Å². The van der Waals surface area contributed by atoms with Crippen LogP contribution in [0.1, 0.15) is 47.7 Å².